The largest absolute Gasteiger partial charge is 0.394 e. The van der Waals surface area contributed by atoms with Gasteiger partial charge in [-0.3, -0.25) is 0 Å². The first kappa shape index (κ1) is 10.9. The van der Waals surface area contributed by atoms with E-state index in [9.17, 15) is 0 Å². The molecule has 0 bridgehead atoms. The lowest BCUT2D eigenvalue weighted by Gasteiger charge is -2.16. The Morgan fingerprint density at radius 1 is 1.64 bits per heavy atom. The number of hydrogen-bond donors (Lipinski definition) is 2. The third-order valence-electron chi connectivity index (χ3n) is 1.19. The second kappa shape index (κ2) is 6.61. The number of aliphatic hydroxyl groups is 2. The molecule has 0 radical (unpaired) electrons. The van der Waals surface area contributed by atoms with Gasteiger partial charge in [0, 0.05) is 12.1 Å². The van der Waals surface area contributed by atoms with Gasteiger partial charge in [-0.15, -0.1) is 0 Å². The summed E-state index contributed by atoms with van der Waals surface area (Å²) in [5.74, 6) is 0. The van der Waals surface area contributed by atoms with Gasteiger partial charge >= 0.3 is 0 Å². The van der Waals surface area contributed by atoms with Crippen LogP contribution in [0, 0.1) is 0 Å². The van der Waals surface area contributed by atoms with E-state index in [2.05, 4.69) is 0 Å². The fourth-order valence-electron chi connectivity index (χ4n) is 0.663. The highest BCUT2D eigenvalue weighted by atomic mass is 35.5. The van der Waals surface area contributed by atoms with Gasteiger partial charge in [0.25, 0.3) is 0 Å². The molecule has 0 aromatic heterocycles. The molecule has 0 saturated heterocycles. The number of rotatable bonds is 5. The van der Waals surface area contributed by atoms with E-state index in [4.69, 9.17) is 26.6 Å². The molecule has 0 saturated carbocycles. The standard InChI is InChI=1S/C7H13ClO3/c1-2-11-7(3-4-8)6(10)5-9/h3-4,6-7,9-10H,2,5H2,1H3/t6?,7-/m1/s1. The van der Waals surface area contributed by atoms with Crippen LogP contribution in [-0.4, -0.2) is 35.6 Å². The summed E-state index contributed by atoms with van der Waals surface area (Å²) in [6.07, 6.45) is 0.0822. The Bertz CT molecular complexity index is 116. The molecule has 0 aliphatic carbocycles. The zero-order valence-corrected chi connectivity index (χ0v) is 7.16. The Hall–Kier alpha value is -0.0900. The smallest absolute Gasteiger partial charge is 0.107 e. The van der Waals surface area contributed by atoms with Gasteiger partial charge in [0.1, 0.15) is 12.2 Å². The molecular weight excluding hydrogens is 168 g/mol. The van der Waals surface area contributed by atoms with Gasteiger partial charge in [-0.1, -0.05) is 11.6 Å². The Morgan fingerprint density at radius 3 is 2.64 bits per heavy atom. The summed E-state index contributed by atoms with van der Waals surface area (Å²) >= 11 is 5.28. The van der Waals surface area contributed by atoms with Gasteiger partial charge in [-0.05, 0) is 13.0 Å². The zero-order chi connectivity index (χ0) is 8.69. The molecule has 3 nitrogen and oxygen atoms in total. The summed E-state index contributed by atoms with van der Waals surface area (Å²) in [4.78, 5) is 0. The Kier molecular flexibility index (Phi) is 6.56. The summed E-state index contributed by atoms with van der Waals surface area (Å²) in [6.45, 7) is 1.95. The van der Waals surface area contributed by atoms with Crippen molar-refractivity contribution in [3.8, 4) is 0 Å². The molecule has 11 heavy (non-hydrogen) atoms. The van der Waals surface area contributed by atoms with Gasteiger partial charge in [-0.25, -0.2) is 0 Å². The average Bonchev–Trinajstić information content (AvgIpc) is 2.03. The molecule has 0 fully saturated rings. The van der Waals surface area contributed by atoms with E-state index in [0.717, 1.165) is 0 Å². The second-order valence-electron chi connectivity index (χ2n) is 1.99. The van der Waals surface area contributed by atoms with Crippen molar-refractivity contribution in [3.63, 3.8) is 0 Å². The zero-order valence-electron chi connectivity index (χ0n) is 6.40. The average molecular weight is 181 g/mol. The lowest BCUT2D eigenvalue weighted by molar-refractivity contribution is -0.0294. The topological polar surface area (TPSA) is 49.7 Å². The molecule has 2 atom stereocenters. The van der Waals surface area contributed by atoms with E-state index in [-0.39, 0.29) is 6.61 Å². The summed E-state index contributed by atoms with van der Waals surface area (Å²) < 4.78 is 5.05. The fraction of sp³-hybridized carbons (Fsp3) is 0.714. The van der Waals surface area contributed by atoms with Crippen molar-refractivity contribution in [1.82, 2.24) is 0 Å². The predicted molar refractivity (Wildman–Crippen MR) is 43.5 cm³/mol. The van der Waals surface area contributed by atoms with E-state index in [0.29, 0.717) is 6.61 Å². The van der Waals surface area contributed by atoms with Crippen molar-refractivity contribution in [2.24, 2.45) is 0 Å². The maximum Gasteiger partial charge on any atom is 0.107 e. The van der Waals surface area contributed by atoms with Crippen LogP contribution in [0.25, 0.3) is 0 Å². The SMILES string of the molecule is CCO[C@H](C=CCl)C(O)CO. The van der Waals surface area contributed by atoms with Crippen LogP contribution in [0.4, 0.5) is 0 Å². The highest BCUT2D eigenvalue weighted by Crippen LogP contribution is 2.01. The molecule has 0 heterocycles. The number of hydrogen-bond acceptors (Lipinski definition) is 3. The van der Waals surface area contributed by atoms with Crippen LogP contribution in [0.15, 0.2) is 11.6 Å². The van der Waals surface area contributed by atoms with Gasteiger partial charge in [0.2, 0.25) is 0 Å². The highest BCUT2D eigenvalue weighted by molar-refractivity contribution is 6.25. The predicted octanol–water partition coefficient (Wildman–Crippen LogP) is 0.497. The molecule has 0 spiro atoms. The molecule has 0 aliphatic heterocycles. The normalized spacial score (nSPS) is 17.1. The first-order chi connectivity index (χ1) is 5.26. The van der Waals surface area contributed by atoms with Crippen LogP contribution < -0.4 is 0 Å². The third-order valence-corrected chi connectivity index (χ3v) is 1.33. The molecule has 0 aromatic carbocycles. The molecule has 0 amide bonds. The molecular formula is C7H13ClO3. The number of aliphatic hydroxyl groups excluding tert-OH is 2. The van der Waals surface area contributed by atoms with Crippen LogP contribution in [-0.2, 0) is 4.74 Å². The Morgan fingerprint density at radius 2 is 2.27 bits per heavy atom. The van der Waals surface area contributed by atoms with Gasteiger partial charge in [-0.2, -0.15) is 0 Å². The van der Waals surface area contributed by atoms with Crippen molar-refractivity contribution in [2.75, 3.05) is 13.2 Å². The molecule has 1 unspecified atom stereocenters. The van der Waals surface area contributed by atoms with Crippen LogP contribution >= 0.6 is 11.6 Å². The van der Waals surface area contributed by atoms with Gasteiger partial charge in [0.15, 0.2) is 0 Å². The molecule has 4 heteroatoms. The fourth-order valence-corrected chi connectivity index (χ4v) is 0.806. The van der Waals surface area contributed by atoms with Crippen LogP contribution in [0.2, 0.25) is 0 Å². The van der Waals surface area contributed by atoms with E-state index < -0.39 is 12.2 Å². The van der Waals surface area contributed by atoms with E-state index in [1.807, 2.05) is 0 Å². The lowest BCUT2D eigenvalue weighted by Crippen LogP contribution is -2.30. The molecule has 2 N–H and O–H groups in total. The summed E-state index contributed by atoms with van der Waals surface area (Å²) in [6, 6.07) is 0. The van der Waals surface area contributed by atoms with Crippen molar-refractivity contribution in [1.29, 1.82) is 0 Å². The second-order valence-corrected chi connectivity index (χ2v) is 2.24. The number of halogens is 1. The summed E-state index contributed by atoms with van der Waals surface area (Å²) in [5, 5.41) is 17.6. The van der Waals surface area contributed by atoms with Crippen molar-refractivity contribution in [2.45, 2.75) is 19.1 Å². The van der Waals surface area contributed by atoms with E-state index in [1.54, 1.807) is 6.92 Å². The van der Waals surface area contributed by atoms with E-state index in [1.165, 1.54) is 11.6 Å². The maximum absolute atomic E-state index is 9.10. The summed E-state index contributed by atoms with van der Waals surface area (Å²) in [7, 11) is 0. The Labute approximate surface area is 71.2 Å². The maximum atomic E-state index is 9.10. The van der Waals surface area contributed by atoms with E-state index >= 15 is 0 Å². The third kappa shape index (κ3) is 4.37. The van der Waals surface area contributed by atoms with Crippen molar-refractivity contribution < 1.29 is 14.9 Å². The first-order valence-electron chi connectivity index (χ1n) is 3.43. The number of ether oxygens (including phenoxy) is 1. The highest BCUT2D eigenvalue weighted by Gasteiger charge is 2.14. The summed E-state index contributed by atoms with van der Waals surface area (Å²) in [5.41, 5.74) is 1.26. The monoisotopic (exact) mass is 180 g/mol. The molecule has 0 aromatic rings. The minimum absolute atomic E-state index is 0.327. The van der Waals surface area contributed by atoms with Gasteiger partial charge < -0.3 is 14.9 Å². The quantitative estimate of drug-likeness (QED) is 0.648. The van der Waals surface area contributed by atoms with Crippen LogP contribution in [0.3, 0.4) is 0 Å². The van der Waals surface area contributed by atoms with Crippen molar-refractivity contribution in [3.05, 3.63) is 11.6 Å². The van der Waals surface area contributed by atoms with Gasteiger partial charge in [0.05, 0.1) is 6.61 Å². The minimum Gasteiger partial charge on any atom is -0.394 e. The minimum atomic E-state index is -0.898. The Balaban J connectivity index is 3.86. The van der Waals surface area contributed by atoms with Crippen LogP contribution in [0.5, 0.6) is 0 Å². The molecule has 66 valence electrons. The van der Waals surface area contributed by atoms with Crippen molar-refractivity contribution >= 4 is 11.6 Å². The van der Waals surface area contributed by atoms with Crippen LogP contribution in [0.1, 0.15) is 6.92 Å². The first-order valence-corrected chi connectivity index (χ1v) is 3.87. The lowest BCUT2D eigenvalue weighted by atomic mass is 10.2. The molecule has 0 rings (SSSR count). The molecule has 0 aliphatic rings.